The smallest absolute Gasteiger partial charge is 0.306 e. The Labute approximate surface area is 122 Å². The zero-order valence-corrected chi connectivity index (χ0v) is 12.8. The minimum atomic E-state index is -0.602. The molecule has 0 heterocycles. The topological polar surface area (TPSA) is 81.0 Å². The molecule has 3 N–H and O–H groups in total. The first-order valence-corrected chi connectivity index (χ1v) is 7.82. The third kappa shape index (κ3) is 10.2. The SMILES string of the molecule is CCCCN(CCO)CCO.O=C(O)C1CCCCC1. The van der Waals surface area contributed by atoms with E-state index >= 15 is 0 Å². The first-order chi connectivity index (χ1) is 9.65. The lowest BCUT2D eigenvalue weighted by molar-refractivity contribution is -0.142. The van der Waals surface area contributed by atoms with E-state index in [4.69, 9.17) is 15.3 Å². The maximum Gasteiger partial charge on any atom is 0.306 e. The molecule has 0 amide bonds. The van der Waals surface area contributed by atoms with Gasteiger partial charge in [-0.25, -0.2) is 0 Å². The second-order valence-electron chi connectivity index (χ2n) is 5.32. The van der Waals surface area contributed by atoms with Crippen LogP contribution in [0.25, 0.3) is 0 Å². The lowest BCUT2D eigenvalue weighted by atomic mass is 9.90. The summed E-state index contributed by atoms with van der Waals surface area (Å²) >= 11 is 0. The van der Waals surface area contributed by atoms with Crippen molar-refractivity contribution in [2.45, 2.75) is 51.9 Å². The third-order valence-corrected chi connectivity index (χ3v) is 3.61. The van der Waals surface area contributed by atoms with Crippen LogP contribution in [0.3, 0.4) is 0 Å². The van der Waals surface area contributed by atoms with Crippen LogP contribution >= 0.6 is 0 Å². The van der Waals surface area contributed by atoms with Crippen molar-refractivity contribution >= 4 is 5.97 Å². The number of carboxylic acid groups (broad SMARTS) is 1. The molecular formula is C15H31NO4. The number of carbonyl (C=O) groups is 1. The quantitative estimate of drug-likeness (QED) is 0.634. The second-order valence-corrected chi connectivity index (χ2v) is 5.32. The van der Waals surface area contributed by atoms with Crippen LogP contribution in [-0.2, 0) is 4.79 Å². The molecular weight excluding hydrogens is 258 g/mol. The van der Waals surface area contributed by atoms with Crippen molar-refractivity contribution < 1.29 is 20.1 Å². The maximum atomic E-state index is 10.4. The highest BCUT2D eigenvalue weighted by Crippen LogP contribution is 2.23. The molecule has 1 saturated carbocycles. The van der Waals surface area contributed by atoms with Gasteiger partial charge in [-0.05, 0) is 25.8 Å². The molecule has 0 bridgehead atoms. The number of aliphatic hydroxyl groups excluding tert-OH is 2. The summed E-state index contributed by atoms with van der Waals surface area (Å²) in [5, 5.41) is 25.8. The van der Waals surface area contributed by atoms with E-state index in [1.807, 2.05) is 0 Å². The fourth-order valence-corrected chi connectivity index (χ4v) is 2.35. The van der Waals surface area contributed by atoms with Gasteiger partial charge in [0.2, 0.25) is 0 Å². The Morgan fingerprint density at radius 3 is 1.95 bits per heavy atom. The highest BCUT2D eigenvalue weighted by Gasteiger charge is 2.19. The highest BCUT2D eigenvalue weighted by atomic mass is 16.4. The van der Waals surface area contributed by atoms with E-state index in [2.05, 4.69) is 11.8 Å². The number of hydrogen-bond acceptors (Lipinski definition) is 4. The first kappa shape index (κ1) is 19.4. The van der Waals surface area contributed by atoms with Crippen LogP contribution in [-0.4, -0.2) is 59.0 Å². The molecule has 1 fully saturated rings. The minimum absolute atomic E-state index is 0.0289. The fourth-order valence-electron chi connectivity index (χ4n) is 2.35. The summed E-state index contributed by atoms with van der Waals surface area (Å²) in [6.45, 7) is 4.85. The molecule has 0 spiro atoms. The molecule has 0 aromatic rings. The molecule has 20 heavy (non-hydrogen) atoms. The Balaban J connectivity index is 0.000000367. The number of nitrogens with zero attached hydrogens (tertiary/aromatic N) is 1. The van der Waals surface area contributed by atoms with E-state index in [-0.39, 0.29) is 19.1 Å². The molecule has 0 aliphatic heterocycles. The molecule has 1 aliphatic carbocycles. The van der Waals surface area contributed by atoms with Crippen LogP contribution in [0.15, 0.2) is 0 Å². The summed E-state index contributed by atoms with van der Waals surface area (Å²) in [6, 6.07) is 0. The van der Waals surface area contributed by atoms with Gasteiger partial charge in [0.15, 0.2) is 0 Å². The van der Waals surface area contributed by atoms with Gasteiger partial charge in [0.25, 0.3) is 0 Å². The van der Waals surface area contributed by atoms with E-state index in [9.17, 15) is 4.79 Å². The van der Waals surface area contributed by atoms with Crippen molar-refractivity contribution in [3.8, 4) is 0 Å². The lowest BCUT2D eigenvalue weighted by Gasteiger charge is -2.19. The molecule has 0 saturated heterocycles. The zero-order valence-electron chi connectivity index (χ0n) is 12.8. The Morgan fingerprint density at radius 2 is 1.60 bits per heavy atom. The van der Waals surface area contributed by atoms with Crippen molar-refractivity contribution in [3.63, 3.8) is 0 Å². The Morgan fingerprint density at radius 1 is 1.05 bits per heavy atom. The van der Waals surface area contributed by atoms with Crippen molar-refractivity contribution in [2.24, 2.45) is 5.92 Å². The fraction of sp³-hybridized carbons (Fsp3) is 0.933. The van der Waals surface area contributed by atoms with Crippen molar-refractivity contribution in [3.05, 3.63) is 0 Å². The van der Waals surface area contributed by atoms with Gasteiger partial charge in [-0.1, -0.05) is 32.6 Å². The predicted molar refractivity (Wildman–Crippen MR) is 79.7 cm³/mol. The molecule has 0 unspecified atom stereocenters. The average Bonchev–Trinajstić information content (AvgIpc) is 2.47. The molecule has 0 atom stereocenters. The Kier molecular flexibility index (Phi) is 12.9. The summed E-state index contributed by atoms with van der Waals surface area (Å²) in [5.74, 6) is -0.631. The van der Waals surface area contributed by atoms with Crippen LogP contribution in [0.2, 0.25) is 0 Å². The highest BCUT2D eigenvalue weighted by molar-refractivity contribution is 5.69. The standard InChI is InChI=1S/C8H19NO2.C7H12O2/c1-2-3-4-9(5-7-10)6-8-11;8-7(9)6-4-2-1-3-5-6/h10-11H,2-8H2,1H3;6H,1-5H2,(H,8,9). The summed E-state index contributed by atoms with van der Waals surface area (Å²) in [6.07, 6.45) is 7.54. The number of carboxylic acids is 1. The van der Waals surface area contributed by atoms with Crippen LogP contribution in [0.4, 0.5) is 0 Å². The van der Waals surface area contributed by atoms with Gasteiger partial charge in [-0.3, -0.25) is 9.69 Å². The normalized spacial score (nSPS) is 15.8. The molecule has 1 rings (SSSR count). The van der Waals surface area contributed by atoms with Gasteiger partial charge in [0.1, 0.15) is 0 Å². The molecule has 0 radical (unpaired) electrons. The van der Waals surface area contributed by atoms with E-state index < -0.39 is 5.97 Å². The van der Waals surface area contributed by atoms with Crippen LogP contribution in [0.5, 0.6) is 0 Å². The molecule has 120 valence electrons. The van der Waals surface area contributed by atoms with E-state index in [1.165, 1.54) is 6.42 Å². The number of unbranched alkanes of at least 4 members (excludes halogenated alkanes) is 1. The van der Waals surface area contributed by atoms with Crippen molar-refractivity contribution in [1.29, 1.82) is 0 Å². The number of aliphatic carboxylic acids is 1. The van der Waals surface area contributed by atoms with E-state index in [1.54, 1.807) is 0 Å². The zero-order chi connectivity index (χ0) is 15.2. The average molecular weight is 289 g/mol. The van der Waals surface area contributed by atoms with Gasteiger partial charge in [-0.15, -0.1) is 0 Å². The summed E-state index contributed by atoms with van der Waals surface area (Å²) in [7, 11) is 0. The maximum absolute atomic E-state index is 10.4. The summed E-state index contributed by atoms with van der Waals surface area (Å²) < 4.78 is 0. The largest absolute Gasteiger partial charge is 0.481 e. The number of aliphatic hydroxyl groups is 2. The Hall–Kier alpha value is -0.650. The molecule has 1 aliphatic rings. The Bertz CT molecular complexity index is 224. The number of hydrogen-bond donors (Lipinski definition) is 3. The van der Waals surface area contributed by atoms with Crippen LogP contribution < -0.4 is 0 Å². The summed E-state index contributed by atoms with van der Waals surface area (Å²) in [4.78, 5) is 12.4. The predicted octanol–water partition coefficient (Wildman–Crippen LogP) is 1.72. The van der Waals surface area contributed by atoms with E-state index in [0.29, 0.717) is 13.1 Å². The number of rotatable bonds is 8. The van der Waals surface area contributed by atoms with Gasteiger partial charge in [-0.2, -0.15) is 0 Å². The van der Waals surface area contributed by atoms with Crippen LogP contribution in [0.1, 0.15) is 51.9 Å². The molecule has 0 aromatic carbocycles. The molecule has 5 heteroatoms. The molecule has 0 aromatic heterocycles. The van der Waals surface area contributed by atoms with Gasteiger partial charge >= 0.3 is 5.97 Å². The monoisotopic (exact) mass is 289 g/mol. The van der Waals surface area contributed by atoms with Gasteiger partial charge in [0, 0.05) is 13.1 Å². The summed E-state index contributed by atoms with van der Waals surface area (Å²) in [5.41, 5.74) is 0. The lowest BCUT2D eigenvalue weighted by Crippen LogP contribution is -2.30. The second kappa shape index (κ2) is 13.3. The van der Waals surface area contributed by atoms with Crippen molar-refractivity contribution in [1.82, 2.24) is 4.90 Å². The van der Waals surface area contributed by atoms with Crippen LogP contribution in [0, 0.1) is 5.92 Å². The van der Waals surface area contributed by atoms with Gasteiger partial charge in [0.05, 0.1) is 19.1 Å². The minimum Gasteiger partial charge on any atom is -0.481 e. The first-order valence-electron chi connectivity index (χ1n) is 7.82. The molecule has 5 nitrogen and oxygen atoms in total. The van der Waals surface area contributed by atoms with E-state index in [0.717, 1.165) is 45.1 Å². The third-order valence-electron chi connectivity index (χ3n) is 3.61. The van der Waals surface area contributed by atoms with Crippen molar-refractivity contribution in [2.75, 3.05) is 32.8 Å². The van der Waals surface area contributed by atoms with Gasteiger partial charge < -0.3 is 15.3 Å².